The van der Waals surface area contributed by atoms with Gasteiger partial charge in [0.2, 0.25) is 0 Å². The molecule has 0 heterocycles. The maximum Gasteiger partial charge on any atom is 0.408 e. The molecule has 0 aliphatic heterocycles. The minimum absolute atomic E-state index is 0.318. The van der Waals surface area contributed by atoms with Crippen LogP contribution in [0.15, 0.2) is 48.5 Å². The molecule has 0 aliphatic carbocycles. The zero-order chi connectivity index (χ0) is 25.5. The molecule has 2 aromatic rings. The van der Waals surface area contributed by atoms with Gasteiger partial charge in [0.1, 0.15) is 17.7 Å². The lowest BCUT2D eigenvalue weighted by Crippen LogP contribution is -2.52. The summed E-state index contributed by atoms with van der Waals surface area (Å²) in [6.07, 6.45) is 4.74. The molecule has 180 valence electrons. The zero-order valence-electron chi connectivity index (χ0n) is 19.5. The van der Waals surface area contributed by atoms with Gasteiger partial charge in [0.05, 0.1) is 17.3 Å². The molecule has 2 rings (SSSR count). The SMILES string of the molecule is C#CN(C(=O)C(CO)NC(=O)OC(C)(C)C)C(C(=O)Nc1c(C)cccc1Cl)c1ccccc1. The number of benzene rings is 2. The van der Waals surface area contributed by atoms with Crippen LogP contribution < -0.4 is 10.6 Å². The van der Waals surface area contributed by atoms with Gasteiger partial charge < -0.3 is 20.5 Å². The number of para-hydroxylation sites is 1. The number of carbonyl (C=O) groups is 3. The van der Waals surface area contributed by atoms with Gasteiger partial charge in [0, 0.05) is 6.04 Å². The van der Waals surface area contributed by atoms with E-state index in [1.54, 1.807) is 76.2 Å². The van der Waals surface area contributed by atoms with Crippen molar-refractivity contribution in [1.29, 1.82) is 0 Å². The third-order valence-electron chi connectivity index (χ3n) is 4.64. The summed E-state index contributed by atoms with van der Waals surface area (Å²) >= 11 is 6.25. The second-order valence-corrected chi connectivity index (χ2v) is 8.86. The number of halogens is 1. The highest BCUT2D eigenvalue weighted by molar-refractivity contribution is 6.34. The van der Waals surface area contributed by atoms with E-state index in [1.807, 2.05) is 0 Å². The molecule has 34 heavy (non-hydrogen) atoms. The van der Waals surface area contributed by atoms with Gasteiger partial charge in [-0.15, -0.1) is 0 Å². The fourth-order valence-electron chi connectivity index (χ4n) is 3.10. The number of ether oxygens (including phenoxy) is 1. The second-order valence-electron chi connectivity index (χ2n) is 8.45. The first kappa shape index (κ1) is 26.7. The molecule has 0 radical (unpaired) electrons. The number of carbonyl (C=O) groups excluding carboxylic acids is 3. The molecule has 2 atom stereocenters. The molecule has 0 saturated carbocycles. The number of nitrogens with zero attached hydrogens (tertiary/aromatic N) is 1. The van der Waals surface area contributed by atoms with Crippen LogP contribution in [0.5, 0.6) is 0 Å². The second kappa shape index (κ2) is 11.5. The Labute approximate surface area is 204 Å². The number of terminal acetylenes is 1. The standard InChI is InChI=1S/C25H28ClN3O5/c1-6-29(23(32)19(15-30)27-24(33)34-25(3,4)5)21(17-12-8-7-9-13-17)22(31)28-20-16(2)11-10-14-18(20)26/h1,7-14,19,21,30H,15H2,2-5H3,(H,27,33)(H,28,31). The van der Waals surface area contributed by atoms with Gasteiger partial charge >= 0.3 is 6.09 Å². The van der Waals surface area contributed by atoms with E-state index in [9.17, 15) is 19.5 Å². The Balaban J connectivity index is 2.40. The first-order valence-electron chi connectivity index (χ1n) is 10.5. The molecule has 0 bridgehead atoms. The van der Waals surface area contributed by atoms with E-state index in [1.165, 1.54) is 0 Å². The first-order valence-corrected chi connectivity index (χ1v) is 10.9. The molecule has 0 aliphatic rings. The summed E-state index contributed by atoms with van der Waals surface area (Å²) in [6, 6.07) is 13.1. The normalized spacial score (nSPS) is 12.6. The van der Waals surface area contributed by atoms with Crippen LogP contribution in [0.4, 0.5) is 10.5 Å². The number of aryl methyl sites for hydroxylation is 1. The van der Waals surface area contributed by atoms with Crippen LogP contribution in [-0.2, 0) is 14.3 Å². The zero-order valence-corrected chi connectivity index (χ0v) is 20.2. The molecular formula is C25H28ClN3O5. The average Bonchev–Trinajstić information content (AvgIpc) is 2.77. The van der Waals surface area contributed by atoms with E-state index in [2.05, 4.69) is 16.7 Å². The number of alkyl carbamates (subject to hydrolysis) is 1. The summed E-state index contributed by atoms with van der Waals surface area (Å²) in [5.74, 6) is -1.49. The molecule has 2 aromatic carbocycles. The maximum absolute atomic E-state index is 13.4. The van der Waals surface area contributed by atoms with Crippen molar-refractivity contribution in [3.8, 4) is 12.5 Å². The molecular weight excluding hydrogens is 458 g/mol. The Hall–Kier alpha value is -3.54. The summed E-state index contributed by atoms with van der Waals surface area (Å²) < 4.78 is 5.15. The largest absolute Gasteiger partial charge is 0.444 e. The number of nitrogens with one attached hydrogen (secondary N) is 2. The quantitative estimate of drug-likeness (QED) is 0.410. The van der Waals surface area contributed by atoms with Crippen LogP contribution in [0.3, 0.4) is 0 Å². The number of aliphatic hydroxyl groups excluding tert-OH is 1. The van der Waals surface area contributed by atoms with Crippen LogP contribution in [0.25, 0.3) is 0 Å². The summed E-state index contributed by atoms with van der Waals surface area (Å²) in [5, 5.41) is 15.1. The topological polar surface area (TPSA) is 108 Å². The number of hydrogen-bond donors (Lipinski definition) is 3. The summed E-state index contributed by atoms with van der Waals surface area (Å²) in [4.78, 5) is 39.7. The maximum atomic E-state index is 13.4. The van der Waals surface area contributed by atoms with Gasteiger partial charge in [0.15, 0.2) is 0 Å². The van der Waals surface area contributed by atoms with E-state index < -0.39 is 42.2 Å². The first-order chi connectivity index (χ1) is 16.0. The fourth-order valence-corrected chi connectivity index (χ4v) is 3.37. The predicted octanol–water partition coefficient (Wildman–Crippen LogP) is 3.63. The van der Waals surface area contributed by atoms with E-state index >= 15 is 0 Å². The Morgan fingerprint density at radius 2 is 1.79 bits per heavy atom. The number of rotatable bonds is 7. The van der Waals surface area contributed by atoms with Crippen LogP contribution >= 0.6 is 11.6 Å². The van der Waals surface area contributed by atoms with Crippen molar-refractivity contribution < 1.29 is 24.2 Å². The van der Waals surface area contributed by atoms with Gasteiger partial charge in [0.25, 0.3) is 11.8 Å². The van der Waals surface area contributed by atoms with Crippen LogP contribution in [0.1, 0.15) is 37.9 Å². The van der Waals surface area contributed by atoms with Crippen molar-refractivity contribution in [3.63, 3.8) is 0 Å². The summed E-state index contributed by atoms with van der Waals surface area (Å²) in [7, 11) is 0. The van der Waals surface area contributed by atoms with Crippen LogP contribution in [0.2, 0.25) is 5.02 Å². The number of anilines is 1. The number of hydrogen-bond acceptors (Lipinski definition) is 5. The van der Waals surface area contributed by atoms with Crippen LogP contribution in [0, 0.1) is 19.4 Å². The van der Waals surface area contributed by atoms with Gasteiger partial charge in [-0.3, -0.25) is 14.5 Å². The average molecular weight is 486 g/mol. The molecule has 3 N–H and O–H groups in total. The molecule has 0 fully saturated rings. The molecule has 8 nitrogen and oxygen atoms in total. The third kappa shape index (κ3) is 6.98. The monoisotopic (exact) mass is 485 g/mol. The van der Waals surface area contributed by atoms with Gasteiger partial charge in [-0.05, 0) is 44.9 Å². The van der Waals surface area contributed by atoms with Crippen molar-refractivity contribution in [2.24, 2.45) is 0 Å². The van der Waals surface area contributed by atoms with Crippen molar-refractivity contribution in [2.75, 3.05) is 11.9 Å². The highest BCUT2D eigenvalue weighted by Gasteiger charge is 2.36. The van der Waals surface area contributed by atoms with Crippen LogP contribution in [-0.4, -0.2) is 46.2 Å². The lowest BCUT2D eigenvalue weighted by atomic mass is 10.0. The highest BCUT2D eigenvalue weighted by Crippen LogP contribution is 2.29. The Morgan fingerprint density at radius 1 is 1.15 bits per heavy atom. The van der Waals surface area contributed by atoms with Gasteiger partial charge in [-0.1, -0.05) is 60.5 Å². The lowest BCUT2D eigenvalue weighted by molar-refractivity contribution is -0.137. The lowest BCUT2D eigenvalue weighted by Gasteiger charge is -2.30. The molecule has 2 unspecified atom stereocenters. The Kier molecular flexibility index (Phi) is 9.07. The number of amides is 3. The van der Waals surface area contributed by atoms with Crippen molar-refractivity contribution in [3.05, 3.63) is 64.7 Å². The summed E-state index contributed by atoms with van der Waals surface area (Å²) in [6.45, 7) is 5.98. The van der Waals surface area contributed by atoms with E-state index in [4.69, 9.17) is 22.8 Å². The fraction of sp³-hybridized carbons (Fsp3) is 0.320. The van der Waals surface area contributed by atoms with Gasteiger partial charge in [-0.25, -0.2) is 4.79 Å². The predicted molar refractivity (Wildman–Crippen MR) is 130 cm³/mol. The number of aliphatic hydroxyl groups is 1. The van der Waals surface area contributed by atoms with Gasteiger partial charge in [-0.2, -0.15) is 0 Å². The summed E-state index contributed by atoms with van der Waals surface area (Å²) in [5.41, 5.74) is 0.694. The Bertz CT molecular complexity index is 1060. The third-order valence-corrected chi connectivity index (χ3v) is 4.96. The minimum Gasteiger partial charge on any atom is -0.444 e. The van der Waals surface area contributed by atoms with Crippen molar-refractivity contribution in [1.82, 2.24) is 10.2 Å². The molecule has 3 amide bonds. The molecule has 0 spiro atoms. The van der Waals surface area contributed by atoms with Crippen molar-refractivity contribution in [2.45, 2.75) is 45.4 Å². The van der Waals surface area contributed by atoms with E-state index in [0.29, 0.717) is 21.8 Å². The van der Waals surface area contributed by atoms with E-state index in [0.717, 1.165) is 4.90 Å². The Morgan fingerprint density at radius 3 is 2.32 bits per heavy atom. The molecule has 0 aromatic heterocycles. The molecule has 9 heteroatoms. The minimum atomic E-state index is -1.44. The van der Waals surface area contributed by atoms with E-state index in [-0.39, 0.29) is 0 Å². The smallest absolute Gasteiger partial charge is 0.408 e. The molecule has 0 saturated heterocycles. The van der Waals surface area contributed by atoms with Crippen molar-refractivity contribution >= 4 is 35.2 Å². The highest BCUT2D eigenvalue weighted by atomic mass is 35.5.